The van der Waals surface area contributed by atoms with Gasteiger partial charge in [-0.1, -0.05) is 40.9 Å². The zero-order valence-electron chi connectivity index (χ0n) is 11.4. The van der Waals surface area contributed by atoms with Crippen LogP contribution in [0.5, 0.6) is 5.75 Å². The van der Waals surface area contributed by atoms with Gasteiger partial charge >= 0.3 is 7.52 Å². The van der Waals surface area contributed by atoms with E-state index >= 15 is 0 Å². The largest absolute Gasteiger partial charge is 0.427 e. The Labute approximate surface area is 138 Å². The van der Waals surface area contributed by atoms with E-state index in [-0.39, 0.29) is 0 Å². The maximum Gasteiger partial charge on any atom is 0.338 e. The summed E-state index contributed by atoms with van der Waals surface area (Å²) in [6.45, 7) is 3.35. The normalized spacial score (nSPS) is 13.6. The molecule has 0 bridgehead atoms. The molecule has 0 aliphatic rings. The molecule has 0 spiro atoms. The molecule has 0 aromatic heterocycles. The standard InChI is InChI=1S/C14H13Cl3NO2P/c1-9-3-4-11(16)8-13(9)18-21(2,19)20-14-6-5-10(15)7-12(14)17/h3-8H,1-2H3,(H,18,19)/t21-/m0/s1. The molecule has 2 rings (SSSR count). The zero-order chi connectivity index (χ0) is 15.6. The summed E-state index contributed by atoms with van der Waals surface area (Å²) in [6.07, 6.45) is 0. The van der Waals surface area contributed by atoms with Crippen LogP contribution in [0.4, 0.5) is 5.69 Å². The van der Waals surface area contributed by atoms with Crippen molar-refractivity contribution in [1.29, 1.82) is 0 Å². The van der Waals surface area contributed by atoms with E-state index in [4.69, 9.17) is 39.3 Å². The molecule has 2 aromatic rings. The topological polar surface area (TPSA) is 38.3 Å². The number of hydrogen-bond acceptors (Lipinski definition) is 2. The van der Waals surface area contributed by atoms with E-state index in [9.17, 15) is 4.57 Å². The smallest absolute Gasteiger partial charge is 0.338 e. The van der Waals surface area contributed by atoms with Crippen molar-refractivity contribution in [3.63, 3.8) is 0 Å². The fourth-order valence-corrected chi connectivity index (χ4v) is 3.62. The predicted molar refractivity (Wildman–Crippen MR) is 90.4 cm³/mol. The van der Waals surface area contributed by atoms with Gasteiger partial charge in [0.2, 0.25) is 0 Å². The van der Waals surface area contributed by atoms with Gasteiger partial charge in [0.25, 0.3) is 0 Å². The third kappa shape index (κ3) is 4.55. The van der Waals surface area contributed by atoms with Gasteiger partial charge in [-0.3, -0.25) is 4.57 Å². The van der Waals surface area contributed by atoms with Gasteiger partial charge in [0, 0.05) is 22.4 Å². The Hall–Kier alpha value is -0.860. The van der Waals surface area contributed by atoms with E-state index in [1.165, 1.54) is 12.7 Å². The van der Waals surface area contributed by atoms with Crippen molar-refractivity contribution in [3.05, 3.63) is 57.0 Å². The summed E-state index contributed by atoms with van der Waals surface area (Å²) in [5, 5.41) is 4.21. The lowest BCUT2D eigenvalue weighted by atomic mass is 10.2. The number of anilines is 1. The van der Waals surface area contributed by atoms with Crippen LogP contribution in [0, 0.1) is 6.92 Å². The molecule has 21 heavy (non-hydrogen) atoms. The SMILES string of the molecule is Cc1ccc(Cl)cc1N[P@@](C)(=O)Oc1ccc(Cl)cc1Cl. The molecule has 1 N–H and O–H groups in total. The van der Waals surface area contributed by atoms with Gasteiger partial charge < -0.3 is 9.61 Å². The second kappa shape index (κ2) is 6.50. The maximum absolute atomic E-state index is 12.6. The van der Waals surface area contributed by atoms with Crippen molar-refractivity contribution in [2.45, 2.75) is 6.92 Å². The highest BCUT2D eigenvalue weighted by molar-refractivity contribution is 7.60. The summed E-state index contributed by atoms with van der Waals surface area (Å²) in [6, 6.07) is 10.0. The van der Waals surface area contributed by atoms with Crippen molar-refractivity contribution >= 4 is 48.0 Å². The lowest BCUT2D eigenvalue weighted by Gasteiger charge is -2.19. The van der Waals surface area contributed by atoms with Gasteiger partial charge in [0.1, 0.15) is 5.75 Å². The van der Waals surface area contributed by atoms with Gasteiger partial charge in [-0.25, -0.2) is 0 Å². The molecule has 1 atom stereocenters. The molecule has 0 saturated carbocycles. The van der Waals surface area contributed by atoms with E-state index in [1.807, 2.05) is 13.0 Å². The summed E-state index contributed by atoms with van der Waals surface area (Å²) >= 11 is 17.8. The Balaban J connectivity index is 2.22. The van der Waals surface area contributed by atoms with Gasteiger partial charge in [-0.15, -0.1) is 0 Å². The van der Waals surface area contributed by atoms with Gasteiger partial charge in [-0.2, -0.15) is 0 Å². The summed E-state index contributed by atoms with van der Waals surface area (Å²) in [5.41, 5.74) is 1.56. The van der Waals surface area contributed by atoms with Crippen LogP contribution in [-0.2, 0) is 4.57 Å². The van der Waals surface area contributed by atoms with Crippen molar-refractivity contribution in [1.82, 2.24) is 0 Å². The summed E-state index contributed by atoms with van der Waals surface area (Å²) in [4.78, 5) is 0. The average molecular weight is 365 g/mol. The molecule has 0 fully saturated rings. The third-order valence-electron chi connectivity index (χ3n) is 2.69. The van der Waals surface area contributed by atoms with Crippen LogP contribution < -0.4 is 9.61 Å². The van der Waals surface area contributed by atoms with Crippen molar-refractivity contribution in [2.75, 3.05) is 11.8 Å². The first kappa shape index (κ1) is 16.5. The molecule has 0 radical (unpaired) electrons. The third-order valence-corrected chi connectivity index (χ3v) is 4.65. The molecule has 0 amide bonds. The Bertz CT molecular complexity index is 721. The number of aryl methyl sites for hydroxylation is 1. The first-order chi connectivity index (χ1) is 9.77. The fraction of sp³-hybridized carbons (Fsp3) is 0.143. The summed E-state index contributed by atoms with van der Waals surface area (Å²) < 4.78 is 18.1. The zero-order valence-corrected chi connectivity index (χ0v) is 14.5. The van der Waals surface area contributed by atoms with Crippen LogP contribution >= 0.6 is 42.3 Å². The molecule has 7 heteroatoms. The van der Waals surface area contributed by atoms with Crippen LogP contribution in [0.1, 0.15) is 5.56 Å². The molecule has 2 aromatic carbocycles. The van der Waals surface area contributed by atoms with Crippen LogP contribution in [0.25, 0.3) is 0 Å². The Morgan fingerprint density at radius 2 is 1.67 bits per heavy atom. The number of rotatable bonds is 4. The molecule has 112 valence electrons. The molecule has 3 nitrogen and oxygen atoms in total. The van der Waals surface area contributed by atoms with Crippen LogP contribution in [0.2, 0.25) is 15.1 Å². The van der Waals surface area contributed by atoms with Crippen molar-refractivity contribution in [3.8, 4) is 5.75 Å². The second-order valence-corrected chi connectivity index (χ2v) is 7.96. The average Bonchev–Trinajstić information content (AvgIpc) is 2.37. The maximum atomic E-state index is 12.6. The molecule has 0 aliphatic heterocycles. The minimum atomic E-state index is -3.16. The van der Waals surface area contributed by atoms with E-state index in [0.717, 1.165) is 5.56 Å². The Kier molecular flexibility index (Phi) is 5.11. The predicted octanol–water partition coefficient (Wildman–Crippen LogP) is 6.27. The Morgan fingerprint density at radius 3 is 2.33 bits per heavy atom. The summed E-state index contributed by atoms with van der Waals surface area (Å²) in [7, 11) is -3.16. The van der Waals surface area contributed by atoms with Crippen molar-refractivity contribution in [2.24, 2.45) is 0 Å². The number of hydrogen-bond donors (Lipinski definition) is 1. The lowest BCUT2D eigenvalue weighted by molar-refractivity contribution is 0.493. The van der Waals surface area contributed by atoms with E-state index in [1.54, 1.807) is 24.3 Å². The highest BCUT2D eigenvalue weighted by Gasteiger charge is 2.20. The van der Waals surface area contributed by atoms with E-state index < -0.39 is 7.52 Å². The lowest BCUT2D eigenvalue weighted by Crippen LogP contribution is -2.03. The Morgan fingerprint density at radius 1 is 1.05 bits per heavy atom. The number of nitrogens with one attached hydrogen (secondary N) is 1. The molecular formula is C14H13Cl3NO2P. The monoisotopic (exact) mass is 363 g/mol. The van der Waals surface area contributed by atoms with Crippen LogP contribution in [0.15, 0.2) is 36.4 Å². The second-order valence-electron chi connectivity index (χ2n) is 4.58. The number of halogens is 3. The first-order valence-corrected chi connectivity index (χ1v) is 9.24. The molecule has 0 saturated heterocycles. The molecular weight excluding hydrogens is 351 g/mol. The molecule has 0 unspecified atom stereocenters. The first-order valence-electron chi connectivity index (χ1n) is 6.03. The quantitative estimate of drug-likeness (QED) is 0.650. The molecule has 0 heterocycles. The van der Waals surface area contributed by atoms with Crippen molar-refractivity contribution < 1.29 is 9.09 Å². The highest BCUT2D eigenvalue weighted by Crippen LogP contribution is 2.46. The minimum Gasteiger partial charge on any atom is -0.427 e. The number of benzene rings is 2. The van der Waals surface area contributed by atoms with Gasteiger partial charge in [0.05, 0.1) is 5.02 Å². The molecule has 0 aliphatic carbocycles. The van der Waals surface area contributed by atoms with E-state index in [0.29, 0.717) is 26.5 Å². The van der Waals surface area contributed by atoms with Gasteiger partial charge in [-0.05, 0) is 42.8 Å². The fourth-order valence-electron chi connectivity index (χ4n) is 1.69. The highest BCUT2D eigenvalue weighted by atomic mass is 35.5. The minimum absolute atomic E-state index is 0.300. The van der Waals surface area contributed by atoms with Crippen LogP contribution in [-0.4, -0.2) is 6.66 Å². The van der Waals surface area contributed by atoms with Crippen LogP contribution in [0.3, 0.4) is 0 Å². The summed E-state index contributed by atoms with van der Waals surface area (Å²) in [5.74, 6) is 0.305. The van der Waals surface area contributed by atoms with E-state index in [2.05, 4.69) is 5.09 Å². The van der Waals surface area contributed by atoms with Gasteiger partial charge in [0.15, 0.2) is 0 Å².